The summed E-state index contributed by atoms with van der Waals surface area (Å²) in [4.78, 5) is 51.5. The smallest absolute Gasteiger partial charge is 0.480 e. The van der Waals surface area contributed by atoms with Gasteiger partial charge in [-0.1, -0.05) is 28.7 Å². The van der Waals surface area contributed by atoms with Crippen molar-refractivity contribution < 1.29 is 33.8 Å². The quantitative estimate of drug-likeness (QED) is 0.235. The second kappa shape index (κ2) is 11.7. The number of carboxylic acid groups (broad SMARTS) is 1. The molecule has 1 aromatic rings. The maximum absolute atomic E-state index is 12.8. The van der Waals surface area contributed by atoms with E-state index in [0.29, 0.717) is 9.28 Å². The molecule has 3 atom stereocenters. The molecule has 0 aliphatic heterocycles. The van der Waals surface area contributed by atoms with Gasteiger partial charge in [-0.2, -0.15) is 0 Å². The first-order chi connectivity index (χ1) is 15.3. The van der Waals surface area contributed by atoms with E-state index in [1.807, 2.05) is 79.2 Å². The van der Waals surface area contributed by atoms with Crippen molar-refractivity contribution in [3.05, 3.63) is 40.9 Å². The first kappa shape index (κ1) is 28.3. The number of nitrogens with zero attached hydrogens (tertiary/aromatic N) is 1. The summed E-state index contributed by atoms with van der Waals surface area (Å²) < 4.78 is 10.6. The minimum absolute atomic E-state index is 0.00282. The largest absolute Gasteiger partial charge is 0.508 e. The van der Waals surface area contributed by atoms with Crippen LogP contribution in [-0.4, -0.2) is 51.0 Å². The second-order valence-corrected chi connectivity index (χ2v) is 11.5. The van der Waals surface area contributed by atoms with Crippen molar-refractivity contribution in [2.75, 3.05) is 7.05 Å². The van der Waals surface area contributed by atoms with E-state index >= 15 is 0 Å². The van der Waals surface area contributed by atoms with Crippen LogP contribution in [0.15, 0.2) is 36.1 Å². The summed E-state index contributed by atoms with van der Waals surface area (Å²) in [7, 11) is 1.53. The predicted octanol–water partition coefficient (Wildman–Crippen LogP) is 4.59. The number of aliphatic carboxylic acids is 1. The standard InChI is InChI=1S/C20H21I3N2O7S/c1-9(32-19(30)31-8-12-6-5-7-33-12)20(18(28)29)16(22)14(24-10(2)26)13(21)15(17(20)23)25(4)11(3)27/h5-7,9,17H,8H2,1-4H3,(H,24,26)(H,28,29). The Bertz CT molecular complexity index is 1020. The summed E-state index contributed by atoms with van der Waals surface area (Å²) in [5.41, 5.74) is -1.16. The first-order valence-corrected chi connectivity index (χ1v) is 13.7. The summed E-state index contributed by atoms with van der Waals surface area (Å²) in [6, 6.07) is 3.61. The molecule has 180 valence electrons. The van der Waals surface area contributed by atoms with E-state index in [0.717, 1.165) is 4.88 Å². The third-order valence-electron chi connectivity index (χ3n) is 4.98. The van der Waals surface area contributed by atoms with Crippen LogP contribution in [0.5, 0.6) is 0 Å². The predicted molar refractivity (Wildman–Crippen MR) is 147 cm³/mol. The molecule has 2 amide bonds. The Hall–Kier alpha value is -0.950. The van der Waals surface area contributed by atoms with Gasteiger partial charge in [-0.05, 0) is 63.6 Å². The normalized spacial score (nSPS) is 21.4. The lowest BCUT2D eigenvalue weighted by molar-refractivity contribution is -0.152. The molecular formula is C20H21I3N2O7S. The van der Waals surface area contributed by atoms with Crippen molar-refractivity contribution in [1.82, 2.24) is 10.2 Å². The minimum atomic E-state index is -1.80. The molecule has 2 rings (SSSR count). The molecule has 33 heavy (non-hydrogen) atoms. The number of ether oxygens (including phenoxy) is 2. The monoisotopic (exact) mass is 814 g/mol. The number of hydrogen-bond acceptors (Lipinski definition) is 7. The molecule has 0 saturated carbocycles. The molecule has 0 spiro atoms. The molecule has 0 aromatic carbocycles. The molecule has 1 aromatic heterocycles. The summed E-state index contributed by atoms with van der Waals surface area (Å²) in [5.74, 6) is -2.00. The molecule has 1 aliphatic rings. The molecule has 2 N–H and O–H groups in total. The number of amides is 2. The van der Waals surface area contributed by atoms with Crippen molar-refractivity contribution in [3.63, 3.8) is 0 Å². The Balaban J connectivity index is 2.53. The van der Waals surface area contributed by atoms with Crippen LogP contribution < -0.4 is 5.32 Å². The zero-order valence-corrected chi connectivity index (χ0v) is 25.3. The van der Waals surface area contributed by atoms with Gasteiger partial charge in [0.05, 0.1) is 18.9 Å². The summed E-state index contributed by atoms with van der Waals surface area (Å²) in [6.07, 6.45) is -2.22. The van der Waals surface area contributed by atoms with E-state index in [9.17, 15) is 24.3 Å². The molecule has 13 heteroatoms. The van der Waals surface area contributed by atoms with Gasteiger partial charge in [0.15, 0.2) is 5.41 Å². The number of rotatable bonds is 7. The molecule has 1 aliphatic carbocycles. The van der Waals surface area contributed by atoms with Gasteiger partial charge in [0.2, 0.25) is 11.8 Å². The van der Waals surface area contributed by atoms with Crippen LogP contribution in [-0.2, 0) is 30.5 Å². The summed E-state index contributed by atoms with van der Waals surface area (Å²) in [6.45, 7) is 4.11. The van der Waals surface area contributed by atoms with E-state index in [1.165, 1.54) is 44.1 Å². The van der Waals surface area contributed by atoms with E-state index < -0.39 is 33.5 Å². The maximum Gasteiger partial charge on any atom is 0.508 e. The summed E-state index contributed by atoms with van der Waals surface area (Å²) in [5, 5.41) is 15.0. The van der Waals surface area contributed by atoms with Gasteiger partial charge in [0.1, 0.15) is 12.7 Å². The zero-order valence-electron chi connectivity index (χ0n) is 18.0. The molecule has 0 fully saturated rings. The third-order valence-corrected chi connectivity index (χ3v) is 9.93. The lowest BCUT2D eigenvalue weighted by Crippen LogP contribution is -2.55. The highest BCUT2D eigenvalue weighted by Crippen LogP contribution is 2.54. The van der Waals surface area contributed by atoms with Gasteiger partial charge in [0.25, 0.3) is 0 Å². The number of hydrogen-bond donors (Lipinski definition) is 2. The average molecular weight is 814 g/mol. The fourth-order valence-electron chi connectivity index (χ4n) is 3.20. The zero-order chi connectivity index (χ0) is 25.1. The van der Waals surface area contributed by atoms with Gasteiger partial charge in [0, 0.05) is 29.4 Å². The van der Waals surface area contributed by atoms with E-state index in [4.69, 9.17) is 9.47 Å². The van der Waals surface area contributed by atoms with Crippen LogP contribution in [0.25, 0.3) is 0 Å². The molecule has 3 unspecified atom stereocenters. The molecule has 9 nitrogen and oxygen atoms in total. The Morgan fingerprint density at radius 3 is 2.42 bits per heavy atom. The fraction of sp³-hybridized carbons (Fsp3) is 0.400. The van der Waals surface area contributed by atoms with Gasteiger partial charge >= 0.3 is 12.1 Å². The second-order valence-electron chi connectivity index (χ2n) is 7.06. The lowest BCUT2D eigenvalue weighted by atomic mass is 9.74. The van der Waals surface area contributed by atoms with Crippen molar-refractivity contribution in [1.29, 1.82) is 0 Å². The fourth-order valence-corrected chi connectivity index (χ4v) is 9.80. The lowest BCUT2D eigenvalue weighted by Gasteiger charge is -2.44. The van der Waals surface area contributed by atoms with E-state index in [1.54, 1.807) is 6.07 Å². The maximum atomic E-state index is 12.8. The summed E-state index contributed by atoms with van der Waals surface area (Å²) >= 11 is 7.19. The number of carbonyl (C=O) groups is 4. The van der Waals surface area contributed by atoms with Crippen LogP contribution in [0.1, 0.15) is 25.6 Å². The van der Waals surface area contributed by atoms with Gasteiger partial charge < -0.3 is 24.8 Å². The van der Waals surface area contributed by atoms with Crippen LogP contribution >= 0.6 is 79.1 Å². The Morgan fingerprint density at radius 1 is 1.30 bits per heavy atom. The third kappa shape index (κ3) is 5.83. The van der Waals surface area contributed by atoms with Gasteiger partial charge in [-0.15, -0.1) is 11.3 Å². The van der Waals surface area contributed by atoms with Gasteiger partial charge in [-0.3, -0.25) is 14.4 Å². The van der Waals surface area contributed by atoms with Crippen LogP contribution in [0, 0.1) is 5.41 Å². The minimum Gasteiger partial charge on any atom is -0.480 e. The number of thiophene rings is 1. The number of allylic oxidation sites excluding steroid dienone is 2. The van der Waals surface area contributed by atoms with Crippen molar-refractivity contribution in [2.45, 2.75) is 37.4 Å². The van der Waals surface area contributed by atoms with Crippen LogP contribution in [0.4, 0.5) is 4.79 Å². The van der Waals surface area contributed by atoms with Crippen molar-refractivity contribution >= 4 is 103 Å². The molecule has 0 saturated heterocycles. The molecule has 0 bridgehead atoms. The highest BCUT2D eigenvalue weighted by Gasteiger charge is 2.59. The number of halogens is 3. The highest BCUT2D eigenvalue weighted by molar-refractivity contribution is 14.1. The molecule has 0 radical (unpaired) electrons. The van der Waals surface area contributed by atoms with Crippen LogP contribution in [0.2, 0.25) is 0 Å². The topological polar surface area (TPSA) is 122 Å². The van der Waals surface area contributed by atoms with Gasteiger partial charge in [-0.25, -0.2) is 4.79 Å². The van der Waals surface area contributed by atoms with Crippen molar-refractivity contribution in [2.24, 2.45) is 5.41 Å². The highest BCUT2D eigenvalue weighted by atomic mass is 127. The number of alkyl halides is 1. The van der Waals surface area contributed by atoms with E-state index in [2.05, 4.69) is 5.32 Å². The number of nitrogens with one attached hydrogen (secondary N) is 1. The Kier molecular flexibility index (Phi) is 9.99. The van der Waals surface area contributed by atoms with Crippen LogP contribution in [0.3, 0.4) is 0 Å². The van der Waals surface area contributed by atoms with E-state index in [-0.39, 0.29) is 21.8 Å². The average Bonchev–Trinajstić information content (AvgIpc) is 3.23. The van der Waals surface area contributed by atoms with Crippen molar-refractivity contribution in [3.8, 4) is 0 Å². The Labute approximate surface area is 235 Å². The molecule has 1 heterocycles. The number of carboxylic acids is 1. The first-order valence-electron chi connectivity index (χ1n) is 9.41. The molecular weight excluding hydrogens is 793 g/mol. The Morgan fingerprint density at radius 2 is 1.94 bits per heavy atom. The SMILES string of the molecule is CC(=O)NC1=C(I)C(C(=O)O)(C(C)OC(=O)OCc2cccs2)C(I)C(N(C)C(C)=O)=C1I. The number of carbonyl (C=O) groups excluding carboxylic acids is 3.